The smallest absolute Gasteiger partial charge is 0.335 e. The first-order valence-electron chi connectivity index (χ1n) is 6.88. The Balaban J connectivity index is 2.34. The summed E-state index contributed by atoms with van der Waals surface area (Å²) in [7, 11) is 1.81. The maximum absolute atomic E-state index is 11.4. The molecular weight excluding hydrogens is 266 g/mol. The van der Waals surface area contributed by atoms with Crippen LogP contribution in [0.4, 0.5) is 0 Å². The molecular formula is C17H19NO3. The number of hydrogen-bond donors (Lipinski definition) is 3. The molecule has 0 aromatic heterocycles. The predicted octanol–water partition coefficient (Wildman–Crippen LogP) is 2.44. The number of phenols is 1. The van der Waals surface area contributed by atoms with Gasteiger partial charge in [0.05, 0.1) is 5.56 Å². The zero-order valence-electron chi connectivity index (χ0n) is 12.0. The highest BCUT2D eigenvalue weighted by Crippen LogP contribution is 2.25. The third kappa shape index (κ3) is 3.83. The molecule has 0 spiro atoms. The van der Waals surface area contributed by atoms with Gasteiger partial charge in [-0.2, -0.15) is 0 Å². The van der Waals surface area contributed by atoms with E-state index in [1.54, 1.807) is 12.1 Å². The van der Waals surface area contributed by atoms with Gasteiger partial charge in [0.25, 0.3) is 0 Å². The molecule has 0 fully saturated rings. The summed E-state index contributed by atoms with van der Waals surface area (Å²) in [5.41, 5.74) is 2.57. The van der Waals surface area contributed by atoms with Gasteiger partial charge in [-0.25, -0.2) is 4.79 Å². The maximum Gasteiger partial charge on any atom is 0.335 e. The summed E-state index contributed by atoms with van der Waals surface area (Å²) in [5, 5.41) is 22.5. The Hall–Kier alpha value is -2.33. The van der Waals surface area contributed by atoms with Gasteiger partial charge in [-0.15, -0.1) is 0 Å². The average molecular weight is 285 g/mol. The van der Waals surface area contributed by atoms with Gasteiger partial charge in [0.15, 0.2) is 0 Å². The number of aromatic hydroxyl groups is 1. The zero-order chi connectivity index (χ0) is 15.2. The molecule has 0 atom stereocenters. The lowest BCUT2D eigenvalue weighted by Gasteiger charge is -2.11. The van der Waals surface area contributed by atoms with Gasteiger partial charge in [-0.1, -0.05) is 30.3 Å². The van der Waals surface area contributed by atoms with Crippen molar-refractivity contribution in [2.75, 3.05) is 13.6 Å². The van der Waals surface area contributed by atoms with Crippen LogP contribution in [-0.4, -0.2) is 29.8 Å². The summed E-state index contributed by atoms with van der Waals surface area (Å²) in [6, 6.07) is 12.8. The molecule has 0 radical (unpaired) electrons. The molecule has 110 valence electrons. The van der Waals surface area contributed by atoms with E-state index in [-0.39, 0.29) is 11.3 Å². The minimum Gasteiger partial charge on any atom is -0.508 e. The van der Waals surface area contributed by atoms with Crippen LogP contribution in [0.2, 0.25) is 0 Å². The monoisotopic (exact) mass is 285 g/mol. The van der Waals surface area contributed by atoms with E-state index in [9.17, 15) is 15.0 Å². The molecule has 4 heteroatoms. The molecule has 2 aromatic carbocycles. The highest BCUT2D eigenvalue weighted by molar-refractivity contribution is 5.90. The van der Waals surface area contributed by atoms with Crippen LogP contribution >= 0.6 is 0 Å². The van der Waals surface area contributed by atoms with E-state index in [0.29, 0.717) is 30.5 Å². The number of carboxylic acid groups (broad SMARTS) is 1. The van der Waals surface area contributed by atoms with Gasteiger partial charge >= 0.3 is 5.97 Å². The summed E-state index contributed by atoms with van der Waals surface area (Å²) in [6.45, 7) is 0.664. The topological polar surface area (TPSA) is 69.6 Å². The summed E-state index contributed by atoms with van der Waals surface area (Å²) in [4.78, 5) is 11.4. The Labute approximate surface area is 124 Å². The normalized spacial score (nSPS) is 10.5. The third-order valence-corrected chi connectivity index (χ3v) is 3.42. The van der Waals surface area contributed by atoms with Crippen LogP contribution in [0.3, 0.4) is 0 Å². The van der Waals surface area contributed by atoms with E-state index in [0.717, 1.165) is 5.56 Å². The number of hydrogen-bond acceptors (Lipinski definition) is 3. The van der Waals surface area contributed by atoms with Gasteiger partial charge in [-0.3, -0.25) is 0 Å². The van der Waals surface area contributed by atoms with Crippen molar-refractivity contribution in [3.05, 3.63) is 64.7 Å². The van der Waals surface area contributed by atoms with Crippen LogP contribution in [-0.2, 0) is 12.8 Å². The molecule has 21 heavy (non-hydrogen) atoms. The van der Waals surface area contributed by atoms with Crippen LogP contribution < -0.4 is 5.32 Å². The van der Waals surface area contributed by atoms with Crippen molar-refractivity contribution in [3.8, 4) is 5.75 Å². The molecule has 0 amide bonds. The molecule has 0 aliphatic rings. The molecule has 0 saturated heterocycles. The molecule has 0 unspecified atom stereocenters. The van der Waals surface area contributed by atoms with E-state index in [1.165, 1.54) is 0 Å². The fourth-order valence-electron chi connectivity index (χ4n) is 2.30. The van der Waals surface area contributed by atoms with Gasteiger partial charge in [0.2, 0.25) is 0 Å². The Morgan fingerprint density at radius 1 is 1.14 bits per heavy atom. The fourth-order valence-corrected chi connectivity index (χ4v) is 2.30. The summed E-state index contributed by atoms with van der Waals surface area (Å²) in [6.07, 6.45) is 1.08. The Bertz CT molecular complexity index is 623. The number of rotatable bonds is 6. The first-order chi connectivity index (χ1) is 10.1. The van der Waals surface area contributed by atoms with E-state index in [4.69, 9.17) is 0 Å². The number of phenolic OH excluding ortho intramolecular Hbond substituents is 1. The summed E-state index contributed by atoms with van der Waals surface area (Å²) >= 11 is 0. The number of nitrogens with one attached hydrogen (secondary N) is 1. The number of carboxylic acids is 1. The van der Waals surface area contributed by atoms with Gasteiger partial charge < -0.3 is 15.5 Å². The minimum absolute atomic E-state index is 0.148. The van der Waals surface area contributed by atoms with Crippen molar-refractivity contribution in [2.45, 2.75) is 12.8 Å². The molecule has 0 aliphatic heterocycles. The van der Waals surface area contributed by atoms with Crippen molar-refractivity contribution in [1.29, 1.82) is 0 Å². The standard InChI is InChI=1S/C17H19NO3/c1-18-8-7-13-11-16(19)14(10-15(13)17(20)21)9-12-5-3-2-4-6-12/h2-6,10-11,18-19H,7-9H2,1H3,(H,20,21). The molecule has 3 N–H and O–H groups in total. The molecule has 2 rings (SSSR count). The van der Waals surface area contributed by atoms with Crippen LogP contribution in [0.1, 0.15) is 27.0 Å². The SMILES string of the molecule is CNCCc1cc(O)c(Cc2ccccc2)cc1C(=O)O. The lowest BCUT2D eigenvalue weighted by atomic mass is 9.96. The average Bonchev–Trinajstić information content (AvgIpc) is 2.48. The second kappa shape index (κ2) is 6.90. The van der Waals surface area contributed by atoms with E-state index >= 15 is 0 Å². The highest BCUT2D eigenvalue weighted by Gasteiger charge is 2.14. The molecule has 0 bridgehead atoms. The van der Waals surface area contributed by atoms with Crippen LogP contribution in [0.5, 0.6) is 5.75 Å². The number of likely N-dealkylation sites (N-methyl/N-ethyl adjacent to an activating group) is 1. The third-order valence-electron chi connectivity index (χ3n) is 3.42. The molecule has 0 heterocycles. The number of aromatic carboxylic acids is 1. The van der Waals surface area contributed by atoms with Crippen molar-refractivity contribution in [1.82, 2.24) is 5.32 Å². The fraction of sp³-hybridized carbons (Fsp3) is 0.235. The quantitative estimate of drug-likeness (QED) is 0.762. The summed E-state index contributed by atoms with van der Waals surface area (Å²) in [5.74, 6) is -0.814. The number of benzene rings is 2. The van der Waals surface area contributed by atoms with Gasteiger partial charge in [0, 0.05) is 6.42 Å². The predicted molar refractivity (Wildman–Crippen MR) is 81.9 cm³/mol. The van der Waals surface area contributed by atoms with Crippen molar-refractivity contribution >= 4 is 5.97 Å². The molecule has 2 aromatic rings. The van der Waals surface area contributed by atoms with Crippen LogP contribution in [0, 0.1) is 0 Å². The van der Waals surface area contributed by atoms with Crippen LogP contribution in [0.15, 0.2) is 42.5 Å². The molecule has 0 aliphatic carbocycles. The van der Waals surface area contributed by atoms with Gasteiger partial charge in [0.1, 0.15) is 5.75 Å². The van der Waals surface area contributed by atoms with E-state index < -0.39 is 5.97 Å². The second-order valence-electron chi connectivity index (χ2n) is 4.96. The van der Waals surface area contributed by atoms with Crippen LogP contribution in [0.25, 0.3) is 0 Å². The van der Waals surface area contributed by atoms with Gasteiger partial charge in [-0.05, 0) is 48.8 Å². The lowest BCUT2D eigenvalue weighted by molar-refractivity contribution is 0.0695. The second-order valence-corrected chi connectivity index (χ2v) is 4.96. The van der Waals surface area contributed by atoms with Crippen molar-refractivity contribution in [3.63, 3.8) is 0 Å². The number of carbonyl (C=O) groups is 1. The molecule has 4 nitrogen and oxygen atoms in total. The highest BCUT2D eigenvalue weighted by atomic mass is 16.4. The zero-order valence-corrected chi connectivity index (χ0v) is 12.0. The Kier molecular flexibility index (Phi) is 4.95. The largest absolute Gasteiger partial charge is 0.508 e. The Morgan fingerprint density at radius 3 is 2.48 bits per heavy atom. The minimum atomic E-state index is -0.963. The first kappa shape index (κ1) is 15.1. The van der Waals surface area contributed by atoms with E-state index in [1.807, 2.05) is 37.4 Å². The van der Waals surface area contributed by atoms with Crippen molar-refractivity contribution < 1.29 is 15.0 Å². The maximum atomic E-state index is 11.4. The summed E-state index contributed by atoms with van der Waals surface area (Å²) < 4.78 is 0. The molecule has 0 saturated carbocycles. The van der Waals surface area contributed by atoms with E-state index in [2.05, 4.69) is 5.32 Å². The van der Waals surface area contributed by atoms with Crippen molar-refractivity contribution in [2.24, 2.45) is 0 Å². The lowest BCUT2D eigenvalue weighted by Crippen LogP contribution is -2.13. The first-order valence-corrected chi connectivity index (χ1v) is 6.88. The Morgan fingerprint density at radius 2 is 1.86 bits per heavy atom.